The second-order valence-electron chi connectivity index (χ2n) is 7.36. The molecule has 4 rings (SSSR count). The molecule has 0 aliphatic carbocycles. The predicted molar refractivity (Wildman–Crippen MR) is 102 cm³/mol. The molecular formula is C21H26FNO2S. The van der Waals surface area contributed by atoms with Gasteiger partial charge < -0.3 is 14.7 Å². The number of halogens is 1. The zero-order chi connectivity index (χ0) is 18.1. The first-order valence-electron chi connectivity index (χ1n) is 9.51. The van der Waals surface area contributed by atoms with Gasteiger partial charge in [-0.1, -0.05) is 19.1 Å². The maximum atomic E-state index is 13.1. The largest absolute Gasteiger partial charge is 0.387 e. The Kier molecular flexibility index (Phi) is 5.15. The Morgan fingerprint density at radius 1 is 1.27 bits per heavy atom. The summed E-state index contributed by atoms with van der Waals surface area (Å²) in [7, 11) is 0. The molecule has 1 N–H and O–H groups in total. The Balaban J connectivity index is 1.41. The number of rotatable bonds is 4. The van der Waals surface area contributed by atoms with E-state index in [9.17, 15) is 9.50 Å². The lowest BCUT2D eigenvalue weighted by Gasteiger charge is -2.44. The van der Waals surface area contributed by atoms with E-state index in [1.165, 1.54) is 27.5 Å². The first kappa shape index (κ1) is 18.1. The molecule has 1 aromatic heterocycles. The van der Waals surface area contributed by atoms with Gasteiger partial charge in [0.15, 0.2) is 0 Å². The van der Waals surface area contributed by atoms with E-state index in [0.717, 1.165) is 50.9 Å². The normalized spacial score (nSPS) is 20.9. The van der Waals surface area contributed by atoms with Gasteiger partial charge in [-0.2, -0.15) is 0 Å². The van der Waals surface area contributed by atoms with Crippen LogP contribution in [-0.2, 0) is 23.2 Å². The minimum atomic E-state index is -0.583. The van der Waals surface area contributed by atoms with Crippen LogP contribution in [0.1, 0.15) is 46.8 Å². The molecule has 140 valence electrons. The highest BCUT2D eigenvalue weighted by molar-refractivity contribution is 7.12. The number of thiophene rings is 1. The fourth-order valence-corrected chi connectivity index (χ4v) is 5.37. The fourth-order valence-electron chi connectivity index (χ4n) is 4.19. The molecule has 0 amide bonds. The molecule has 5 heteroatoms. The number of aliphatic hydroxyl groups is 1. The van der Waals surface area contributed by atoms with Gasteiger partial charge in [-0.15, -0.1) is 11.3 Å². The van der Waals surface area contributed by atoms with Gasteiger partial charge in [0.05, 0.1) is 18.3 Å². The lowest BCUT2D eigenvalue weighted by atomic mass is 9.82. The summed E-state index contributed by atoms with van der Waals surface area (Å²) in [5.41, 5.74) is 2.06. The molecule has 2 aromatic rings. The van der Waals surface area contributed by atoms with E-state index >= 15 is 0 Å². The number of aryl methyl sites for hydroxylation is 1. The summed E-state index contributed by atoms with van der Waals surface area (Å²) < 4.78 is 19.4. The van der Waals surface area contributed by atoms with Crippen LogP contribution in [0.15, 0.2) is 30.3 Å². The number of nitrogens with zero attached hydrogens (tertiary/aromatic N) is 1. The SMILES string of the molecule is CCc1cc2c(s1)CCOC21CCN(CC(O)c2ccc(F)cc2)CC1. The third-order valence-corrected chi connectivity index (χ3v) is 7.10. The second kappa shape index (κ2) is 7.39. The number of benzene rings is 1. The summed E-state index contributed by atoms with van der Waals surface area (Å²) >= 11 is 1.95. The van der Waals surface area contributed by atoms with Crippen LogP contribution in [0.25, 0.3) is 0 Å². The van der Waals surface area contributed by atoms with Crippen LogP contribution in [0.3, 0.4) is 0 Å². The topological polar surface area (TPSA) is 32.7 Å². The Morgan fingerprint density at radius 2 is 2.00 bits per heavy atom. The molecule has 3 nitrogen and oxygen atoms in total. The van der Waals surface area contributed by atoms with Crippen LogP contribution >= 0.6 is 11.3 Å². The van der Waals surface area contributed by atoms with Gasteiger partial charge >= 0.3 is 0 Å². The van der Waals surface area contributed by atoms with Crippen molar-refractivity contribution in [3.8, 4) is 0 Å². The summed E-state index contributed by atoms with van der Waals surface area (Å²) in [6.45, 7) is 5.43. The third-order valence-electron chi connectivity index (χ3n) is 5.76. The monoisotopic (exact) mass is 375 g/mol. The van der Waals surface area contributed by atoms with E-state index in [4.69, 9.17) is 4.74 Å². The van der Waals surface area contributed by atoms with Crippen LogP contribution < -0.4 is 0 Å². The van der Waals surface area contributed by atoms with Gasteiger partial charge in [-0.25, -0.2) is 4.39 Å². The molecule has 1 spiro atoms. The molecule has 1 saturated heterocycles. The van der Waals surface area contributed by atoms with Crippen molar-refractivity contribution in [2.75, 3.05) is 26.2 Å². The van der Waals surface area contributed by atoms with Gasteiger partial charge in [-0.3, -0.25) is 0 Å². The van der Waals surface area contributed by atoms with E-state index in [0.29, 0.717) is 6.54 Å². The molecule has 0 saturated carbocycles. The van der Waals surface area contributed by atoms with E-state index in [-0.39, 0.29) is 11.4 Å². The van der Waals surface area contributed by atoms with Crippen molar-refractivity contribution in [3.63, 3.8) is 0 Å². The quantitative estimate of drug-likeness (QED) is 0.875. The van der Waals surface area contributed by atoms with E-state index < -0.39 is 6.10 Å². The highest BCUT2D eigenvalue weighted by Crippen LogP contribution is 2.44. The first-order valence-corrected chi connectivity index (χ1v) is 10.3. The molecule has 1 fully saturated rings. The molecule has 2 aliphatic rings. The standard InChI is InChI=1S/C21H26FNO2S/c1-2-17-13-18-20(26-17)7-12-25-21(18)8-10-23(11-9-21)14-19(24)15-3-5-16(22)6-4-15/h3-6,13,19,24H,2,7-12,14H2,1H3. The smallest absolute Gasteiger partial charge is 0.123 e. The average molecular weight is 376 g/mol. The maximum absolute atomic E-state index is 13.1. The molecular weight excluding hydrogens is 349 g/mol. The summed E-state index contributed by atoms with van der Waals surface area (Å²) in [6, 6.07) is 8.51. The van der Waals surface area contributed by atoms with Crippen molar-refractivity contribution in [2.45, 2.75) is 44.3 Å². The van der Waals surface area contributed by atoms with E-state index in [1.54, 1.807) is 12.1 Å². The number of ether oxygens (including phenoxy) is 1. The lowest BCUT2D eigenvalue weighted by molar-refractivity contribution is -0.100. The molecule has 3 heterocycles. The number of aliphatic hydroxyl groups excluding tert-OH is 1. The maximum Gasteiger partial charge on any atom is 0.123 e. The van der Waals surface area contributed by atoms with Gasteiger partial charge in [0.2, 0.25) is 0 Å². The summed E-state index contributed by atoms with van der Waals surface area (Å²) in [5.74, 6) is -0.270. The third kappa shape index (κ3) is 3.46. The highest BCUT2D eigenvalue weighted by Gasteiger charge is 2.42. The van der Waals surface area contributed by atoms with Crippen LogP contribution in [0.2, 0.25) is 0 Å². The zero-order valence-electron chi connectivity index (χ0n) is 15.2. The first-order chi connectivity index (χ1) is 12.6. The van der Waals surface area contributed by atoms with Crippen molar-refractivity contribution in [2.24, 2.45) is 0 Å². The molecule has 26 heavy (non-hydrogen) atoms. The molecule has 0 radical (unpaired) electrons. The van der Waals surface area contributed by atoms with Crippen LogP contribution in [0, 0.1) is 5.82 Å². The zero-order valence-corrected chi connectivity index (χ0v) is 16.0. The minimum Gasteiger partial charge on any atom is -0.387 e. The van der Waals surface area contributed by atoms with Crippen molar-refractivity contribution in [1.82, 2.24) is 4.90 Å². The molecule has 0 bridgehead atoms. The summed E-state index contributed by atoms with van der Waals surface area (Å²) in [4.78, 5) is 5.26. The van der Waals surface area contributed by atoms with Gasteiger partial charge in [0, 0.05) is 35.8 Å². The molecule has 2 aliphatic heterocycles. The number of piperidine rings is 1. The molecule has 1 atom stereocenters. The second-order valence-corrected chi connectivity index (χ2v) is 8.59. The highest BCUT2D eigenvalue weighted by atomic mass is 32.1. The predicted octanol–water partition coefficient (Wildman–Crippen LogP) is 4.05. The Morgan fingerprint density at radius 3 is 2.69 bits per heavy atom. The molecule has 1 unspecified atom stereocenters. The van der Waals surface area contributed by atoms with Gasteiger partial charge in [0.1, 0.15) is 5.82 Å². The Bertz CT molecular complexity index is 750. The van der Waals surface area contributed by atoms with Crippen LogP contribution in [-0.4, -0.2) is 36.2 Å². The summed E-state index contributed by atoms with van der Waals surface area (Å²) in [5, 5.41) is 10.5. The van der Waals surface area contributed by atoms with E-state index in [1.807, 2.05) is 11.3 Å². The Hall–Kier alpha value is -1.27. The van der Waals surface area contributed by atoms with Crippen molar-refractivity contribution < 1.29 is 14.2 Å². The Labute approximate surface area is 158 Å². The van der Waals surface area contributed by atoms with Gasteiger partial charge in [0.25, 0.3) is 0 Å². The number of β-amino-alcohol motifs (C(OH)–C–C–N with tert-alkyl or cyclic N) is 1. The van der Waals surface area contributed by atoms with Crippen molar-refractivity contribution in [3.05, 3.63) is 57.0 Å². The lowest BCUT2D eigenvalue weighted by Crippen LogP contribution is -2.47. The van der Waals surface area contributed by atoms with Crippen LogP contribution in [0.5, 0.6) is 0 Å². The number of likely N-dealkylation sites (tertiary alicyclic amines) is 1. The van der Waals surface area contributed by atoms with Crippen LogP contribution in [0.4, 0.5) is 4.39 Å². The van der Waals surface area contributed by atoms with Crippen molar-refractivity contribution in [1.29, 1.82) is 0 Å². The van der Waals surface area contributed by atoms with Gasteiger partial charge in [-0.05, 0) is 48.6 Å². The molecule has 1 aromatic carbocycles. The number of fused-ring (bicyclic) bond motifs is 2. The fraction of sp³-hybridized carbons (Fsp3) is 0.524. The van der Waals surface area contributed by atoms with E-state index in [2.05, 4.69) is 17.9 Å². The van der Waals surface area contributed by atoms with Crippen molar-refractivity contribution >= 4 is 11.3 Å². The number of hydrogen-bond donors (Lipinski definition) is 1. The minimum absolute atomic E-state index is 0.130. The summed E-state index contributed by atoms with van der Waals surface area (Å²) in [6.07, 6.45) is 3.48. The average Bonchev–Trinajstić information content (AvgIpc) is 3.09. The number of hydrogen-bond acceptors (Lipinski definition) is 4.